The lowest BCUT2D eigenvalue weighted by Crippen LogP contribution is -2.27. The smallest absolute Gasteiger partial charge is 0.333 e. The molecule has 2 atom stereocenters. The molecule has 1 saturated heterocycles. The first kappa shape index (κ1) is 14.7. The van der Waals surface area contributed by atoms with Crippen LogP contribution >= 0.6 is 0 Å². The number of rotatable bonds is 3. The molecule has 1 aliphatic heterocycles. The first-order valence-electron chi connectivity index (χ1n) is 5.55. The second-order valence-electron chi connectivity index (χ2n) is 3.45. The molecule has 4 nitrogen and oxygen atoms in total. The molecule has 4 heteroatoms. The molecule has 0 aromatic heterocycles. The van der Waals surface area contributed by atoms with Crippen LogP contribution < -0.4 is 0 Å². The van der Waals surface area contributed by atoms with Crippen LogP contribution in [0.15, 0.2) is 12.2 Å². The van der Waals surface area contributed by atoms with Crippen molar-refractivity contribution in [3.63, 3.8) is 0 Å². The lowest BCUT2D eigenvalue weighted by atomic mass is 10.0. The van der Waals surface area contributed by atoms with Crippen molar-refractivity contribution in [1.82, 2.24) is 0 Å². The number of carbonyl (C=O) groups is 2. The van der Waals surface area contributed by atoms with Gasteiger partial charge in [0.05, 0.1) is 12.5 Å². The molecule has 0 aromatic carbocycles. The van der Waals surface area contributed by atoms with Gasteiger partial charge in [-0.25, -0.2) is 4.79 Å². The van der Waals surface area contributed by atoms with Crippen molar-refractivity contribution in [3.8, 4) is 0 Å². The lowest BCUT2D eigenvalue weighted by molar-refractivity contribution is -0.152. The van der Waals surface area contributed by atoms with Crippen LogP contribution in [0.25, 0.3) is 0 Å². The molecule has 0 aromatic rings. The summed E-state index contributed by atoms with van der Waals surface area (Å²) in [6.07, 6.45) is 0.179. The van der Waals surface area contributed by atoms with Gasteiger partial charge in [-0.3, -0.25) is 4.79 Å². The van der Waals surface area contributed by atoms with Crippen LogP contribution in [-0.2, 0) is 19.1 Å². The number of cyclic esters (lactones) is 1. The second kappa shape index (κ2) is 7.04. The summed E-state index contributed by atoms with van der Waals surface area (Å²) < 4.78 is 9.80. The molecule has 0 spiro atoms. The predicted octanol–water partition coefficient (Wildman–Crippen LogP) is 2.08. The number of ether oxygens (including phenoxy) is 2. The highest BCUT2D eigenvalue weighted by molar-refractivity contribution is 5.87. The van der Waals surface area contributed by atoms with Crippen molar-refractivity contribution in [1.29, 1.82) is 0 Å². The summed E-state index contributed by atoms with van der Waals surface area (Å²) in [4.78, 5) is 22.3. The van der Waals surface area contributed by atoms with Gasteiger partial charge in [0, 0.05) is 5.57 Å². The van der Waals surface area contributed by atoms with E-state index in [4.69, 9.17) is 9.47 Å². The number of hydrogen-bond acceptors (Lipinski definition) is 4. The Bertz CT molecular complexity index is 270. The molecule has 2 unspecified atom stereocenters. The van der Waals surface area contributed by atoms with Crippen LogP contribution in [0.3, 0.4) is 0 Å². The molecule has 16 heavy (non-hydrogen) atoms. The summed E-state index contributed by atoms with van der Waals surface area (Å²) in [6.45, 7) is 11.1. The van der Waals surface area contributed by atoms with Crippen LogP contribution in [0.4, 0.5) is 0 Å². The van der Waals surface area contributed by atoms with E-state index in [0.29, 0.717) is 18.6 Å². The van der Waals surface area contributed by atoms with Gasteiger partial charge in [0.2, 0.25) is 0 Å². The lowest BCUT2D eigenvalue weighted by Gasteiger charge is -2.16. The van der Waals surface area contributed by atoms with E-state index in [-0.39, 0.29) is 11.9 Å². The predicted molar refractivity (Wildman–Crippen MR) is 60.8 cm³/mol. The molecule has 1 aliphatic rings. The van der Waals surface area contributed by atoms with Gasteiger partial charge in [0.25, 0.3) is 0 Å². The standard InChI is InChI=1S/C10H14O4.C2H6/c1-6(2)9(11)14-7(3)8-4-5-13-10(8)12;1-2/h7-8H,1,4-5H2,2-3H3;1-2H3. The van der Waals surface area contributed by atoms with E-state index in [2.05, 4.69) is 6.58 Å². The maximum atomic E-state index is 11.1. The molecular formula is C12H20O4. The zero-order valence-corrected chi connectivity index (χ0v) is 10.4. The van der Waals surface area contributed by atoms with Gasteiger partial charge < -0.3 is 9.47 Å². The van der Waals surface area contributed by atoms with Crippen LogP contribution in [0.1, 0.15) is 34.1 Å². The fourth-order valence-electron chi connectivity index (χ4n) is 1.29. The molecule has 1 fully saturated rings. The molecule has 0 N–H and O–H groups in total. The SMILES string of the molecule is C=C(C)C(=O)OC(C)C1CCOC1=O.CC. The summed E-state index contributed by atoms with van der Waals surface area (Å²) in [5, 5.41) is 0. The Morgan fingerprint density at radius 2 is 2.12 bits per heavy atom. The summed E-state index contributed by atoms with van der Waals surface area (Å²) >= 11 is 0. The Hall–Kier alpha value is -1.32. The summed E-state index contributed by atoms with van der Waals surface area (Å²) in [7, 11) is 0. The summed E-state index contributed by atoms with van der Waals surface area (Å²) in [5.41, 5.74) is 0.336. The van der Waals surface area contributed by atoms with Crippen molar-refractivity contribution >= 4 is 11.9 Å². The van der Waals surface area contributed by atoms with Gasteiger partial charge in [-0.2, -0.15) is 0 Å². The molecule has 0 amide bonds. The van der Waals surface area contributed by atoms with E-state index in [1.165, 1.54) is 0 Å². The molecular weight excluding hydrogens is 208 g/mol. The first-order valence-corrected chi connectivity index (χ1v) is 5.55. The number of esters is 2. The van der Waals surface area contributed by atoms with Crippen molar-refractivity contribution in [2.24, 2.45) is 5.92 Å². The first-order chi connectivity index (χ1) is 7.52. The van der Waals surface area contributed by atoms with Gasteiger partial charge in [0.1, 0.15) is 6.10 Å². The summed E-state index contributed by atoms with van der Waals surface area (Å²) in [6, 6.07) is 0. The Morgan fingerprint density at radius 3 is 2.50 bits per heavy atom. The van der Waals surface area contributed by atoms with Crippen molar-refractivity contribution in [3.05, 3.63) is 12.2 Å². The van der Waals surface area contributed by atoms with Gasteiger partial charge >= 0.3 is 11.9 Å². The third-order valence-electron chi connectivity index (χ3n) is 2.18. The maximum Gasteiger partial charge on any atom is 0.333 e. The van der Waals surface area contributed by atoms with E-state index in [1.54, 1.807) is 13.8 Å². The molecule has 0 saturated carbocycles. The Labute approximate surface area is 96.6 Å². The monoisotopic (exact) mass is 228 g/mol. The fourth-order valence-corrected chi connectivity index (χ4v) is 1.29. The minimum absolute atomic E-state index is 0.285. The van der Waals surface area contributed by atoms with Gasteiger partial charge in [-0.05, 0) is 20.3 Å². The van der Waals surface area contributed by atoms with Gasteiger partial charge in [-0.1, -0.05) is 20.4 Å². The highest BCUT2D eigenvalue weighted by Crippen LogP contribution is 2.21. The van der Waals surface area contributed by atoms with Crippen molar-refractivity contribution in [2.45, 2.75) is 40.2 Å². The zero-order valence-electron chi connectivity index (χ0n) is 10.4. The molecule has 0 radical (unpaired) electrons. The van der Waals surface area contributed by atoms with E-state index in [9.17, 15) is 9.59 Å². The van der Waals surface area contributed by atoms with Gasteiger partial charge in [0.15, 0.2) is 0 Å². The van der Waals surface area contributed by atoms with Crippen LogP contribution in [0, 0.1) is 5.92 Å². The Kier molecular flexibility index (Phi) is 6.46. The highest BCUT2D eigenvalue weighted by Gasteiger charge is 2.33. The average Bonchev–Trinajstić information content (AvgIpc) is 2.67. The van der Waals surface area contributed by atoms with Crippen LogP contribution in [-0.4, -0.2) is 24.6 Å². The van der Waals surface area contributed by atoms with E-state index >= 15 is 0 Å². The topological polar surface area (TPSA) is 52.6 Å². The molecule has 1 rings (SSSR count). The van der Waals surface area contributed by atoms with E-state index in [1.807, 2.05) is 13.8 Å². The molecule has 1 heterocycles. The Balaban J connectivity index is 0.00000106. The van der Waals surface area contributed by atoms with E-state index < -0.39 is 12.1 Å². The summed E-state index contributed by atoms with van der Waals surface area (Å²) in [5.74, 6) is -1.07. The second-order valence-corrected chi connectivity index (χ2v) is 3.45. The molecule has 0 aliphatic carbocycles. The molecule has 0 bridgehead atoms. The van der Waals surface area contributed by atoms with Crippen molar-refractivity contribution < 1.29 is 19.1 Å². The maximum absolute atomic E-state index is 11.1. The fraction of sp³-hybridized carbons (Fsp3) is 0.667. The van der Waals surface area contributed by atoms with Gasteiger partial charge in [-0.15, -0.1) is 0 Å². The normalized spacial score (nSPS) is 20.2. The quantitative estimate of drug-likeness (QED) is 0.548. The number of carbonyl (C=O) groups excluding carboxylic acids is 2. The molecule has 92 valence electrons. The minimum Gasteiger partial charge on any atom is -0.465 e. The van der Waals surface area contributed by atoms with Crippen LogP contribution in [0.2, 0.25) is 0 Å². The average molecular weight is 228 g/mol. The zero-order chi connectivity index (χ0) is 12.7. The van der Waals surface area contributed by atoms with Crippen molar-refractivity contribution in [2.75, 3.05) is 6.61 Å². The third-order valence-corrected chi connectivity index (χ3v) is 2.18. The highest BCUT2D eigenvalue weighted by atomic mass is 16.6. The number of hydrogen-bond donors (Lipinski definition) is 0. The van der Waals surface area contributed by atoms with E-state index in [0.717, 1.165) is 0 Å². The third kappa shape index (κ3) is 4.04. The Morgan fingerprint density at radius 1 is 1.56 bits per heavy atom. The van der Waals surface area contributed by atoms with Crippen LogP contribution in [0.5, 0.6) is 0 Å². The minimum atomic E-state index is -0.461. The largest absolute Gasteiger partial charge is 0.465 e.